The zero-order chi connectivity index (χ0) is 14.4. The molecule has 2 aromatic rings. The predicted molar refractivity (Wildman–Crippen MR) is 74.2 cm³/mol. The Bertz CT molecular complexity index is 617. The van der Waals surface area contributed by atoms with E-state index >= 15 is 0 Å². The molecule has 0 aliphatic rings. The Morgan fingerprint density at radius 2 is 2.25 bits per heavy atom. The van der Waals surface area contributed by atoms with Crippen LogP contribution in [-0.2, 0) is 16.2 Å². The monoisotopic (exact) mass is 275 g/mol. The SMILES string of the molecule is CCNc1ncnc2c1c(C#N)cn2COCCOC. The summed E-state index contributed by atoms with van der Waals surface area (Å²) in [6.45, 7) is 4.05. The first-order valence-corrected chi connectivity index (χ1v) is 6.36. The van der Waals surface area contributed by atoms with Crippen LogP contribution in [0.3, 0.4) is 0 Å². The van der Waals surface area contributed by atoms with Gasteiger partial charge in [0.1, 0.15) is 30.6 Å². The molecule has 2 heterocycles. The first kappa shape index (κ1) is 14.2. The van der Waals surface area contributed by atoms with Gasteiger partial charge in [-0.1, -0.05) is 0 Å². The Kier molecular flexibility index (Phi) is 4.87. The highest BCUT2D eigenvalue weighted by molar-refractivity contribution is 5.92. The van der Waals surface area contributed by atoms with Crippen molar-refractivity contribution in [3.8, 4) is 6.07 Å². The van der Waals surface area contributed by atoms with Crippen molar-refractivity contribution < 1.29 is 9.47 Å². The molecule has 0 saturated heterocycles. The molecule has 0 bridgehead atoms. The number of aromatic nitrogens is 3. The first-order valence-electron chi connectivity index (χ1n) is 6.36. The van der Waals surface area contributed by atoms with Gasteiger partial charge in [-0.2, -0.15) is 5.26 Å². The van der Waals surface area contributed by atoms with Crippen molar-refractivity contribution in [2.24, 2.45) is 0 Å². The van der Waals surface area contributed by atoms with Gasteiger partial charge < -0.3 is 19.4 Å². The maximum Gasteiger partial charge on any atom is 0.148 e. The molecule has 0 aliphatic carbocycles. The lowest BCUT2D eigenvalue weighted by atomic mass is 10.2. The number of anilines is 1. The minimum atomic E-state index is 0.324. The zero-order valence-electron chi connectivity index (χ0n) is 11.6. The second-order valence-corrected chi connectivity index (χ2v) is 4.11. The lowest BCUT2D eigenvalue weighted by Gasteiger charge is -2.07. The van der Waals surface area contributed by atoms with E-state index < -0.39 is 0 Å². The van der Waals surface area contributed by atoms with Gasteiger partial charge in [-0.25, -0.2) is 9.97 Å². The van der Waals surface area contributed by atoms with Crippen LogP contribution >= 0.6 is 0 Å². The molecule has 7 heteroatoms. The normalized spacial score (nSPS) is 10.7. The summed E-state index contributed by atoms with van der Waals surface area (Å²) in [7, 11) is 1.62. The second-order valence-electron chi connectivity index (χ2n) is 4.11. The van der Waals surface area contributed by atoms with Gasteiger partial charge in [0.05, 0.1) is 24.2 Å². The third kappa shape index (κ3) is 2.87. The van der Waals surface area contributed by atoms with Crippen molar-refractivity contribution in [1.82, 2.24) is 14.5 Å². The Morgan fingerprint density at radius 3 is 2.95 bits per heavy atom. The van der Waals surface area contributed by atoms with Crippen molar-refractivity contribution in [1.29, 1.82) is 5.26 Å². The van der Waals surface area contributed by atoms with Gasteiger partial charge in [0.25, 0.3) is 0 Å². The molecule has 0 atom stereocenters. The molecule has 20 heavy (non-hydrogen) atoms. The quantitative estimate of drug-likeness (QED) is 0.768. The number of nitrogens with zero attached hydrogens (tertiary/aromatic N) is 4. The van der Waals surface area contributed by atoms with Gasteiger partial charge in [-0.3, -0.25) is 0 Å². The smallest absolute Gasteiger partial charge is 0.148 e. The maximum atomic E-state index is 9.24. The van der Waals surface area contributed by atoms with Crippen LogP contribution in [0.4, 0.5) is 5.82 Å². The summed E-state index contributed by atoms with van der Waals surface area (Å²) in [4.78, 5) is 8.42. The van der Waals surface area contributed by atoms with Crippen LogP contribution in [0.15, 0.2) is 12.5 Å². The van der Waals surface area contributed by atoms with E-state index in [-0.39, 0.29) is 0 Å². The number of nitriles is 1. The average molecular weight is 275 g/mol. The molecular weight excluding hydrogens is 258 g/mol. The molecule has 2 aromatic heterocycles. The van der Waals surface area contributed by atoms with Crippen molar-refractivity contribution in [2.75, 3.05) is 32.2 Å². The average Bonchev–Trinajstić information content (AvgIpc) is 2.83. The van der Waals surface area contributed by atoms with Gasteiger partial charge in [-0.05, 0) is 6.92 Å². The van der Waals surface area contributed by atoms with Crippen LogP contribution in [0.25, 0.3) is 11.0 Å². The molecule has 0 radical (unpaired) electrons. The van der Waals surface area contributed by atoms with E-state index in [1.165, 1.54) is 6.33 Å². The summed E-state index contributed by atoms with van der Waals surface area (Å²) in [5, 5.41) is 13.1. The number of ether oxygens (including phenoxy) is 2. The highest BCUT2D eigenvalue weighted by Crippen LogP contribution is 2.25. The third-order valence-corrected chi connectivity index (χ3v) is 2.78. The van der Waals surface area contributed by atoms with E-state index in [1.54, 1.807) is 17.9 Å². The number of rotatable bonds is 7. The molecule has 1 N–H and O–H groups in total. The van der Waals surface area contributed by atoms with E-state index in [1.807, 2.05) is 6.92 Å². The fraction of sp³-hybridized carbons (Fsp3) is 0.462. The van der Waals surface area contributed by atoms with Crippen molar-refractivity contribution in [2.45, 2.75) is 13.7 Å². The van der Waals surface area contributed by atoms with E-state index in [9.17, 15) is 5.26 Å². The van der Waals surface area contributed by atoms with Crippen LogP contribution in [0, 0.1) is 11.3 Å². The number of hydrogen-bond acceptors (Lipinski definition) is 6. The summed E-state index contributed by atoms with van der Waals surface area (Å²) in [6, 6.07) is 2.17. The van der Waals surface area contributed by atoms with Gasteiger partial charge in [0, 0.05) is 19.9 Å². The topological polar surface area (TPSA) is 85.0 Å². The van der Waals surface area contributed by atoms with Crippen LogP contribution in [0.2, 0.25) is 0 Å². The fourth-order valence-corrected chi connectivity index (χ4v) is 1.91. The minimum Gasteiger partial charge on any atom is -0.382 e. The number of nitrogens with one attached hydrogen (secondary N) is 1. The number of hydrogen-bond donors (Lipinski definition) is 1. The van der Waals surface area contributed by atoms with E-state index in [4.69, 9.17) is 9.47 Å². The zero-order valence-corrected chi connectivity index (χ0v) is 11.6. The first-order chi connectivity index (χ1) is 9.81. The summed E-state index contributed by atoms with van der Waals surface area (Å²) in [5.41, 5.74) is 1.22. The molecule has 106 valence electrons. The van der Waals surface area contributed by atoms with Crippen LogP contribution in [0.1, 0.15) is 12.5 Å². The Morgan fingerprint density at radius 1 is 1.40 bits per heavy atom. The second kappa shape index (κ2) is 6.84. The molecule has 0 saturated carbocycles. The molecule has 0 aliphatic heterocycles. The van der Waals surface area contributed by atoms with Gasteiger partial charge in [-0.15, -0.1) is 0 Å². The van der Waals surface area contributed by atoms with Gasteiger partial charge in [0.15, 0.2) is 0 Å². The standard InChI is InChI=1S/C13H17N5O2/c1-3-15-12-11-10(6-14)7-18(9-20-5-4-19-2)13(11)17-8-16-12/h7-8H,3-5,9H2,1-2H3,(H,15,16,17). The van der Waals surface area contributed by atoms with Gasteiger partial charge >= 0.3 is 0 Å². The third-order valence-electron chi connectivity index (χ3n) is 2.78. The van der Waals surface area contributed by atoms with Crippen LogP contribution in [0.5, 0.6) is 0 Å². The lowest BCUT2D eigenvalue weighted by molar-refractivity contribution is 0.0358. The highest BCUT2D eigenvalue weighted by Gasteiger charge is 2.14. The van der Waals surface area contributed by atoms with E-state index in [0.717, 1.165) is 11.9 Å². The maximum absolute atomic E-state index is 9.24. The molecule has 2 rings (SSSR count). The molecule has 0 amide bonds. The fourth-order valence-electron chi connectivity index (χ4n) is 1.91. The minimum absolute atomic E-state index is 0.324. The number of fused-ring (bicyclic) bond motifs is 1. The molecular formula is C13H17N5O2. The Hall–Kier alpha value is -2.17. The Labute approximate surface area is 117 Å². The van der Waals surface area contributed by atoms with E-state index in [0.29, 0.717) is 37.0 Å². The van der Waals surface area contributed by atoms with E-state index in [2.05, 4.69) is 21.4 Å². The van der Waals surface area contributed by atoms with Crippen LogP contribution < -0.4 is 5.32 Å². The predicted octanol–water partition coefficient (Wildman–Crippen LogP) is 1.36. The molecule has 0 aromatic carbocycles. The largest absolute Gasteiger partial charge is 0.382 e. The summed E-state index contributed by atoms with van der Waals surface area (Å²) < 4.78 is 12.2. The van der Waals surface area contributed by atoms with Crippen molar-refractivity contribution >= 4 is 16.9 Å². The molecule has 0 unspecified atom stereocenters. The highest BCUT2D eigenvalue weighted by atomic mass is 16.5. The molecule has 0 fully saturated rings. The van der Waals surface area contributed by atoms with Gasteiger partial charge in [0.2, 0.25) is 0 Å². The Balaban J connectivity index is 2.32. The number of methoxy groups -OCH3 is 1. The summed E-state index contributed by atoms with van der Waals surface area (Å²) in [6.07, 6.45) is 3.21. The van der Waals surface area contributed by atoms with Crippen LogP contribution in [-0.4, -0.2) is 41.4 Å². The molecule has 0 spiro atoms. The van der Waals surface area contributed by atoms with Crippen molar-refractivity contribution in [3.05, 3.63) is 18.1 Å². The summed E-state index contributed by atoms with van der Waals surface area (Å²) in [5.74, 6) is 0.671. The summed E-state index contributed by atoms with van der Waals surface area (Å²) >= 11 is 0. The lowest BCUT2D eigenvalue weighted by Crippen LogP contribution is -2.07. The molecule has 7 nitrogen and oxygen atoms in total. The van der Waals surface area contributed by atoms with Crippen molar-refractivity contribution in [3.63, 3.8) is 0 Å².